The molecule has 0 atom stereocenters. The largest absolute Gasteiger partial charge is 0.317 e. The average molecular weight is 94.1 g/mol. The SMILES string of the molecule is [C-]#[N+]CCC[N+]#[C-]. The van der Waals surface area contributed by atoms with Crippen molar-refractivity contribution in [2.75, 3.05) is 13.1 Å². The highest BCUT2D eigenvalue weighted by Crippen LogP contribution is 1.79. The van der Waals surface area contributed by atoms with Gasteiger partial charge in [0.05, 0.1) is 6.42 Å². The van der Waals surface area contributed by atoms with Gasteiger partial charge in [-0.1, -0.05) is 0 Å². The molecule has 0 fully saturated rings. The molecule has 2 heteroatoms. The molecule has 0 aromatic heterocycles. The lowest BCUT2D eigenvalue weighted by atomic mass is 10.4. The van der Waals surface area contributed by atoms with Crippen LogP contribution < -0.4 is 0 Å². The van der Waals surface area contributed by atoms with Crippen LogP contribution >= 0.6 is 0 Å². The van der Waals surface area contributed by atoms with E-state index in [9.17, 15) is 0 Å². The minimum Gasteiger partial charge on any atom is -0.317 e. The summed E-state index contributed by atoms with van der Waals surface area (Å²) >= 11 is 0. The van der Waals surface area contributed by atoms with Crippen LogP contribution in [0.15, 0.2) is 0 Å². The summed E-state index contributed by atoms with van der Waals surface area (Å²) in [7, 11) is 0. The summed E-state index contributed by atoms with van der Waals surface area (Å²) in [5, 5.41) is 0. The fourth-order valence-electron chi connectivity index (χ4n) is 0.229. The van der Waals surface area contributed by atoms with Crippen molar-refractivity contribution < 1.29 is 0 Å². The molecule has 7 heavy (non-hydrogen) atoms. The Bertz CT molecular complexity index is 90.2. The molecular formula is C5H6N2. The standard InChI is InChI=1S/C5H6N2/c1-6-4-3-5-7-2/h3-5H2. The molecule has 0 aromatic carbocycles. The smallest absolute Gasteiger partial charge is 0.221 e. The second kappa shape index (κ2) is 4.98. The van der Waals surface area contributed by atoms with Gasteiger partial charge in [-0.15, -0.1) is 0 Å². The van der Waals surface area contributed by atoms with Crippen molar-refractivity contribution in [2.45, 2.75) is 6.42 Å². The summed E-state index contributed by atoms with van der Waals surface area (Å²) in [6, 6.07) is 0. The first-order valence-electron chi connectivity index (χ1n) is 2.08. The topological polar surface area (TPSA) is 8.72 Å². The maximum absolute atomic E-state index is 6.30. The van der Waals surface area contributed by atoms with Gasteiger partial charge in [-0.3, -0.25) is 0 Å². The minimum absolute atomic E-state index is 0.502. The van der Waals surface area contributed by atoms with E-state index in [0.717, 1.165) is 6.42 Å². The van der Waals surface area contributed by atoms with Crippen LogP contribution in [-0.2, 0) is 0 Å². The molecule has 0 rings (SSSR count). The van der Waals surface area contributed by atoms with Crippen LogP contribution in [0.4, 0.5) is 0 Å². The number of hydrogen-bond acceptors (Lipinski definition) is 0. The molecule has 0 aromatic rings. The fraction of sp³-hybridized carbons (Fsp3) is 0.600. The lowest BCUT2D eigenvalue weighted by molar-refractivity contribution is 0.986. The zero-order chi connectivity index (χ0) is 5.54. The van der Waals surface area contributed by atoms with Crippen LogP contribution in [0.5, 0.6) is 0 Å². The van der Waals surface area contributed by atoms with Gasteiger partial charge < -0.3 is 9.69 Å². The normalized spacial score (nSPS) is 6.57. The summed E-state index contributed by atoms with van der Waals surface area (Å²) in [4.78, 5) is 6.16. The number of hydrogen-bond donors (Lipinski definition) is 0. The molecule has 0 saturated heterocycles. The van der Waals surface area contributed by atoms with Gasteiger partial charge in [-0.2, -0.15) is 0 Å². The zero-order valence-corrected chi connectivity index (χ0v) is 4.02. The van der Waals surface area contributed by atoms with Crippen molar-refractivity contribution in [2.24, 2.45) is 0 Å². The van der Waals surface area contributed by atoms with Crippen LogP contribution in [0.25, 0.3) is 9.69 Å². The Labute approximate surface area is 43.4 Å². The highest BCUT2D eigenvalue weighted by atomic mass is 14.7. The number of rotatable bonds is 2. The zero-order valence-electron chi connectivity index (χ0n) is 4.02. The van der Waals surface area contributed by atoms with Gasteiger partial charge in [0.1, 0.15) is 0 Å². The maximum atomic E-state index is 6.30. The van der Waals surface area contributed by atoms with Crippen LogP contribution in [0.1, 0.15) is 6.42 Å². The van der Waals surface area contributed by atoms with E-state index in [4.69, 9.17) is 13.1 Å². The second-order valence-electron chi connectivity index (χ2n) is 1.12. The van der Waals surface area contributed by atoms with E-state index in [1.54, 1.807) is 0 Å². The summed E-state index contributed by atoms with van der Waals surface area (Å²) < 4.78 is 0. The van der Waals surface area contributed by atoms with E-state index in [1.807, 2.05) is 0 Å². The van der Waals surface area contributed by atoms with Gasteiger partial charge >= 0.3 is 0 Å². The monoisotopic (exact) mass is 94.1 g/mol. The Morgan fingerprint density at radius 3 is 1.71 bits per heavy atom. The first kappa shape index (κ1) is 5.98. The van der Waals surface area contributed by atoms with E-state index in [-0.39, 0.29) is 0 Å². The van der Waals surface area contributed by atoms with E-state index in [1.165, 1.54) is 0 Å². The minimum atomic E-state index is 0.502. The van der Waals surface area contributed by atoms with Crippen molar-refractivity contribution in [3.05, 3.63) is 22.8 Å². The molecule has 0 bridgehead atoms. The first-order chi connectivity index (χ1) is 3.41. The molecular weight excluding hydrogens is 88.1 g/mol. The molecule has 0 unspecified atom stereocenters. The third-order valence-electron chi connectivity index (χ3n) is 0.540. The molecule has 0 N–H and O–H groups in total. The predicted molar refractivity (Wildman–Crippen MR) is 27.6 cm³/mol. The van der Waals surface area contributed by atoms with Gasteiger partial charge in [-0.25, -0.2) is 13.1 Å². The first-order valence-corrected chi connectivity index (χ1v) is 2.08. The highest BCUT2D eigenvalue weighted by molar-refractivity contribution is 4.65. The molecule has 0 aliphatic heterocycles. The molecule has 0 heterocycles. The molecule has 2 nitrogen and oxygen atoms in total. The van der Waals surface area contributed by atoms with Crippen LogP contribution in [0.3, 0.4) is 0 Å². The fourth-order valence-corrected chi connectivity index (χ4v) is 0.229. The molecule has 36 valence electrons. The van der Waals surface area contributed by atoms with E-state index >= 15 is 0 Å². The van der Waals surface area contributed by atoms with Crippen molar-refractivity contribution >= 4 is 0 Å². The van der Waals surface area contributed by atoms with Crippen LogP contribution in [-0.4, -0.2) is 13.1 Å². The van der Waals surface area contributed by atoms with Crippen LogP contribution in [0.2, 0.25) is 0 Å². The quantitative estimate of drug-likeness (QED) is 0.359. The Morgan fingerprint density at radius 1 is 1.00 bits per heavy atom. The van der Waals surface area contributed by atoms with E-state index < -0.39 is 0 Å². The van der Waals surface area contributed by atoms with Gasteiger partial charge in [0.15, 0.2) is 0 Å². The molecule has 0 aliphatic carbocycles. The summed E-state index contributed by atoms with van der Waals surface area (Å²) in [5.74, 6) is 0. The Balaban J connectivity index is 2.77. The van der Waals surface area contributed by atoms with Gasteiger partial charge in [-0.05, 0) is 0 Å². The highest BCUT2D eigenvalue weighted by Gasteiger charge is 1.86. The van der Waals surface area contributed by atoms with Gasteiger partial charge in [0, 0.05) is 0 Å². The van der Waals surface area contributed by atoms with Gasteiger partial charge in [0.25, 0.3) is 0 Å². The van der Waals surface area contributed by atoms with Crippen molar-refractivity contribution in [3.63, 3.8) is 0 Å². The maximum Gasteiger partial charge on any atom is 0.221 e. The molecule has 0 amide bonds. The van der Waals surface area contributed by atoms with E-state index in [2.05, 4.69) is 9.69 Å². The second-order valence-corrected chi connectivity index (χ2v) is 1.12. The van der Waals surface area contributed by atoms with Crippen LogP contribution in [0, 0.1) is 13.1 Å². The van der Waals surface area contributed by atoms with Crippen molar-refractivity contribution in [1.29, 1.82) is 0 Å². The van der Waals surface area contributed by atoms with E-state index in [0.29, 0.717) is 13.1 Å². The van der Waals surface area contributed by atoms with Crippen molar-refractivity contribution in [1.82, 2.24) is 0 Å². The number of nitrogens with zero attached hydrogens (tertiary/aromatic N) is 2. The summed E-state index contributed by atoms with van der Waals surface area (Å²) in [5.41, 5.74) is 0. The third kappa shape index (κ3) is 4.98. The third-order valence-corrected chi connectivity index (χ3v) is 0.540. The van der Waals surface area contributed by atoms with Gasteiger partial charge in [0.2, 0.25) is 13.1 Å². The Morgan fingerprint density at radius 2 is 1.43 bits per heavy atom. The molecule has 0 radical (unpaired) electrons. The lowest BCUT2D eigenvalue weighted by Crippen LogP contribution is -1.77. The predicted octanol–water partition coefficient (Wildman–Crippen LogP) is 1.22. The lowest BCUT2D eigenvalue weighted by Gasteiger charge is -1.72. The Kier molecular flexibility index (Phi) is 4.25. The Hall–Kier alpha value is -1.02. The molecule has 0 aliphatic rings. The van der Waals surface area contributed by atoms with Crippen molar-refractivity contribution in [3.8, 4) is 0 Å². The molecule has 0 spiro atoms. The average Bonchev–Trinajstić information content (AvgIpc) is 1.69. The molecule has 0 saturated carbocycles. The summed E-state index contributed by atoms with van der Waals surface area (Å²) in [6.45, 7) is 13.6. The summed E-state index contributed by atoms with van der Waals surface area (Å²) in [6.07, 6.45) is 0.729.